The van der Waals surface area contributed by atoms with E-state index in [0.29, 0.717) is 11.3 Å². The molecule has 0 radical (unpaired) electrons. The van der Waals surface area contributed by atoms with Crippen molar-refractivity contribution in [1.29, 1.82) is 0 Å². The fourth-order valence-electron chi connectivity index (χ4n) is 4.69. The first-order valence-electron chi connectivity index (χ1n) is 12.3. The number of rotatable bonds is 6. The average Bonchev–Trinajstić information content (AvgIpc) is 3.41. The van der Waals surface area contributed by atoms with Gasteiger partial charge in [-0.15, -0.1) is 0 Å². The molecule has 4 aromatic rings. The monoisotopic (exact) mass is 535 g/mol. The zero-order valence-corrected chi connectivity index (χ0v) is 20.6. The number of carboxylic acid groups (broad SMARTS) is 1. The van der Waals surface area contributed by atoms with Crippen LogP contribution in [0.4, 0.5) is 24.5 Å². The molecule has 1 saturated heterocycles. The number of halogens is 3. The number of piperidine rings is 1. The number of benzene rings is 3. The lowest BCUT2D eigenvalue weighted by atomic mass is 9.89. The Balaban J connectivity index is 1.24. The Bertz CT molecular complexity index is 1460. The molecule has 200 valence electrons. The minimum Gasteiger partial charge on any atom is -0.478 e. The molecule has 1 aliphatic heterocycles. The molecule has 0 atom stereocenters. The highest BCUT2D eigenvalue weighted by Crippen LogP contribution is 2.36. The topological polar surface area (TPSA) is 95.7 Å². The maximum atomic E-state index is 13.6. The van der Waals surface area contributed by atoms with Crippen LogP contribution in [-0.2, 0) is 6.18 Å². The lowest BCUT2D eigenvalue weighted by Crippen LogP contribution is -2.32. The molecule has 1 amide bonds. The highest BCUT2D eigenvalue weighted by Gasteiger charge is 2.42. The van der Waals surface area contributed by atoms with Crippen LogP contribution in [0.15, 0.2) is 83.3 Å². The summed E-state index contributed by atoms with van der Waals surface area (Å²) < 4.78 is 45.7. The van der Waals surface area contributed by atoms with Crippen LogP contribution in [0.2, 0.25) is 0 Å². The summed E-state index contributed by atoms with van der Waals surface area (Å²) in [5, 5.41) is 11.6. The van der Waals surface area contributed by atoms with Gasteiger partial charge in [0.15, 0.2) is 5.69 Å². The fraction of sp³-hybridized carbons (Fsp3) is 0.207. The van der Waals surface area contributed by atoms with Crippen molar-refractivity contribution in [3.63, 3.8) is 0 Å². The van der Waals surface area contributed by atoms with Gasteiger partial charge in [-0.3, -0.25) is 4.79 Å². The number of nitrogens with one attached hydrogen (secondary N) is 1. The average molecular weight is 536 g/mol. The fourth-order valence-corrected chi connectivity index (χ4v) is 4.69. The first kappa shape index (κ1) is 26.0. The molecule has 1 aromatic heterocycles. The molecule has 3 aromatic carbocycles. The number of nitrogens with zero attached hydrogens (tertiary/aromatic N) is 2. The van der Waals surface area contributed by atoms with Crippen molar-refractivity contribution in [3.8, 4) is 11.5 Å². The number of amides is 1. The van der Waals surface area contributed by atoms with E-state index in [1.54, 1.807) is 54.6 Å². The number of aromatic nitrogens is 1. The second-order valence-corrected chi connectivity index (χ2v) is 9.25. The van der Waals surface area contributed by atoms with E-state index in [1.165, 1.54) is 0 Å². The Labute approximate surface area is 221 Å². The number of oxazole rings is 1. The number of hydrogen-bond donors (Lipinski definition) is 2. The van der Waals surface area contributed by atoms with Crippen molar-refractivity contribution < 1.29 is 32.3 Å². The molecule has 2 heterocycles. The number of anilines is 2. The molecule has 39 heavy (non-hydrogen) atoms. The van der Waals surface area contributed by atoms with Crippen molar-refractivity contribution in [2.75, 3.05) is 23.3 Å². The van der Waals surface area contributed by atoms with E-state index in [9.17, 15) is 22.8 Å². The van der Waals surface area contributed by atoms with Crippen molar-refractivity contribution >= 4 is 23.3 Å². The summed E-state index contributed by atoms with van der Waals surface area (Å²) in [6.45, 7) is 1.59. The van der Waals surface area contributed by atoms with Crippen molar-refractivity contribution in [2.24, 2.45) is 0 Å². The molecule has 0 spiro atoms. The van der Waals surface area contributed by atoms with Crippen LogP contribution in [0.5, 0.6) is 0 Å². The van der Waals surface area contributed by atoms with E-state index in [1.807, 2.05) is 24.3 Å². The van der Waals surface area contributed by atoms with Gasteiger partial charge in [0.05, 0.1) is 5.56 Å². The summed E-state index contributed by atoms with van der Waals surface area (Å²) in [6.07, 6.45) is -3.13. The minimum absolute atomic E-state index is 0.246. The van der Waals surface area contributed by atoms with Gasteiger partial charge in [0.25, 0.3) is 5.91 Å². The molecule has 0 unspecified atom stereocenters. The molecule has 0 saturated carbocycles. The Morgan fingerprint density at radius 3 is 2.15 bits per heavy atom. The van der Waals surface area contributed by atoms with E-state index in [4.69, 9.17) is 9.52 Å². The van der Waals surface area contributed by atoms with Gasteiger partial charge in [0.2, 0.25) is 11.7 Å². The number of alkyl halides is 3. The Hall–Kier alpha value is -4.60. The summed E-state index contributed by atoms with van der Waals surface area (Å²) in [6, 6.07) is 21.9. The van der Waals surface area contributed by atoms with Gasteiger partial charge < -0.3 is 19.7 Å². The number of aromatic carboxylic acids is 1. The van der Waals surface area contributed by atoms with E-state index in [2.05, 4.69) is 15.2 Å². The first-order valence-corrected chi connectivity index (χ1v) is 12.3. The van der Waals surface area contributed by atoms with E-state index in [-0.39, 0.29) is 17.4 Å². The predicted octanol–water partition coefficient (Wildman–Crippen LogP) is 6.69. The second kappa shape index (κ2) is 10.6. The molecule has 1 fully saturated rings. The van der Waals surface area contributed by atoms with Crippen LogP contribution >= 0.6 is 0 Å². The van der Waals surface area contributed by atoms with Crippen molar-refractivity contribution in [1.82, 2.24) is 4.98 Å². The van der Waals surface area contributed by atoms with Crippen molar-refractivity contribution in [2.45, 2.75) is 24.9 Å². The third-order valence-corrected chi connectivity index (χ3v) is 6.73. The molecule has 0 aliphatic carbocycles. The van der Waals surface area contributed by atoms with E-state index in [0.717, 1.165) is 37.2 Å². The van der Waals surface area contributed by atoms with Crippen LogP contribution in [0.3, 0.4) is 0 Å². The lowest BCUT2D eigenvalue weighted by Gasteiger charge is -2.34. The molecular formula is C29H24F3N3O4. The summed E-state index contributed by atoms with van der Waals surface area (Å²) in [5.74, 6) is -3.42. The second-order valence-electron chi connectivity index (χ2n) is 9.25. The first-order chi connectivity index (χ1) is 18.7. The van der Waals surface area contributed by atoms with Crippen LogP contribution < -0.4 is 10.2 Å². The third-order valence-electron chi connectivity index (χ3n) is 6.73. The van der Waals surface area contributed by atoms with Gasteiger partial charge in [-0.25, -0.2) is 9.78 Å². The molecular weight excluding hydrogens is 511 g/mol. The predicted molar refractivity (Wildman–Crippen MR) is 139 cm³/mol. The molecule has 2 N–H and O–H groups in total. The maximum absolute atomic E-state index is 13.6. The largest absolute Gasteiger partial charge is 0.478 e. The molecule has 10 heteroatoms. The normalized spacial score (nSPS) is 14.3. The zero-order chi connectivity index (χ0) is 27.6. The Morgan fingerprint density at radius 1 is 0.923 bits per heavy atom. The number of carboxylic acids is 1. The lowest BCUT2D eigenvalue weighted by molar-refractivity contribution is -0.153. The number of hydrogen-bond acceptors (Lipinski definition) is 5. The standard InChI is InChI=1S/C29H24F3N3O4/c30-29(31,32)25-24(34-27(39-25)20-4-2-1-3-5-20)26(36)33-22-10-6-18(7-11-22)19-14-16-35(17-15-19)23-12-8-21(9-13-23)28(37)38/h1-13,19H,14-17H2,(H,33,36)(H,37,38). The summed E-state index contributed by atoms with van der Waals surface area (Å²) >= 11 is 0. The highest BCUT2D eigenvalue weighted by molar-refractivity contribution is 6.04. The van der Waals surface area contributed by atoms with Crippen LogP contribution in [0.25, 0.3) is 11.5 Å². The molecule has 0 bridgehead atoms. The quantitative estimate of drug-likeness (QED) is 0.286. The SMILES string of the molecule is O=C(O)c1ccc(N2CCC(c3ccc(NC(=O)c4nc(-c5ccccc5)oc4C(F)(F)F)cc3)CC2)cc1. The van der Waals surface area contributed by atoms with Gasteiger partial charge in [0.1, 0.15) is 0 Å². The summed E-state index contributed by atoms with van der Waals surface area (Å²) in [5.41, 5.74) is 2.13. The third kappa shape index (κ3) is 5.79. The summed E-state index contributed by atoms with van der Waals surface area (Å²) in [4.78, 5) is 29.9. The van der Waals surface area contributed by atoms with Crippen LogP contribution in [0, 0.1) is 0 Å². The highest BCUT2D eigenvalue weighted by atomic mass is 19.4. The minimum atomic E-state index is -4.89. The van der Waals surface area contributed by atoms with Crippen LogP contribution in [-0.4, -0.2) is 35.1 Å². The van der Waals surface area contributed by atoms with Gasteiger partial charge in [-0.2, -0.15) is 13.2 Å². The van der Waals surface area contributed by atoms with E-state index >= 15 is 0 Å². The van der Waals surface area contributed by atoms with Crippen LogP contribution in [0.1, 0.15) is 50.9 Å². The Kier molecular flexibility index (Phi) is 7.10. The van der Waals surface area contributed by atoms with Gasteiger partial charge in [0, 0.05) is 30.0 Å². The van der Waals surface area contributed by atoms with Crippen molar-refractivity contribution in [3.05, 3.63) is 101 Å². The molecule has 1 aliphatic rings. The molecule has 5 rings (SSSR count). The smallest absolute Gasteiger partial charge is 0.452 e. The number of carbonyl (C=O) groups excluding carboxylic acids is 1. The summed E-state index contributed by atoms with van der Waals surface area (Å²) in [7, 11) is 0. The molecule has 7 nitrogen and oxygen atoms in total. The van der Waals surface area contributed by atoms with E-state index < -0.39 is 29.5 Å². The van der Waals surface area contributed by atoms with Gasteiger partial charge >= 0.3 is 12.1 Å². The Morgan fingerprint density at radius 2 is 1.56 bits per heavy atom. The van der Waals surface area contributed by atoms with Gasteiger partial charge in [-0.05, 0) is 72.9 Å². The zero-order valence-electron chi connectivity index (χ0n) is 20.6. The maximum Gasteiger partial charge on any atom is 0.452 e. The van der Waals surface area contributed by atoms with Gasteiger partial charge in [-0.1, -0.05) is 30.3 Å². The number of carbonyl (C=O) groups is 2.